The fourth-order valence-electron chi connectivity index (χ4n) is 3.88. The molecule has 1 N–H and O–H groups in total. The van der Waals surface area contributed by atoms with E-state index in [1.54, 1.807) is 0 Å². The van der Waals surface area contributed by atoms with Crippen molar-refractivity contribution in [2.45, 2.75) is 71.1 Å². The first-order valence-electron chi connectivity index (χ1n) is 9.30. The fourth-order valence-corrected chi connectivity index (χ4v) is 3.88. The minimum absolute atomic E-state index is 0.198. The molecule has 4 heteroatoms. The van der Waals surface area contributed by atoms with Crippen LogP contribution >= 0.6 is 0 Å². The Kier molecular flexibility index (Phi) is 7.61. The average Bonchev–Trinajstić information content (AvgIpc) is 2.48. The molecular formula is C18H36N2O2. The van der Waals surface area contributed by atoms with E-state index in [0.717, 1.165) is 31.6 Å². The van der Waals surface area contributed by atoms with Crippen molar-refractivity contribution in [3.05, 3.63) is 0 Å². The summed E-state index contributed by atoms with van der Waals surface area (Å²) in [5, 5.41) is 10.1. The number of likely N-dealkylation sites (tertiary alicyclic amines) is 2. The lowest BCUT2D eigenvalue weighted by Crippen LogP contribution is -2.47. The molecule has 2 aliphatic rings. The Balaban J connectivity index is 1.71. The second-order valence-electron chi connectivity index (χ2n) is 7.64. The molecule has 2 heterocycles. The molecule has 0 aromatic heterocycles. The zero-order valence-corrected chi connectivity index (χ0v) is 14.8. The van der Waals surface area contributed by atoms with Crippen molar-refractivity contribution in [1.29, 1.82) is 0 Å². The standard InChI is InChI=1S/C18H36N2O2/c1-15(2)22-14-18(21)13-19-9-6-8-17(11-19)12-20-10-5-4-7-16(20)3/h15-18,21H,4-14H2,1-3H3. The number of aliphatic hydroxyl groups excluding tert-OH is 1. The van der Waals surface area contributed by atoms with Crippen molar-refractivity contribution in [2.24, 2.45) is 5.92 Å². The van der Waals surface area contributed by atoms with Crippen LogP contribution in [0.2, 0.25) is 0 Å². The number of rotatable bonds is 7. The lowest BCUT2D eigenvalue weighted by atomic mass is 9.94. The Morgan fingerprint density at radius 3 is 2.68 bits per heavy atom. The molecule has 3 unspecified atom stereocenters. The van der Waals surface area contributed by atoms with Crippen LogP contribution < -0.4 is 0 Å². The molecule has 22 heavy (non-hydrogen) atoms. The third-order valence-electron chi connectivity index (χ3n) is 5.13. The van der Waals surface area contributed by atoms with Gasteiger partial charge in [-0.25, -0.2) is 0 Å². The Morgan fingerprint density at radius 1 is 1.14 bits per heavy atom. The van der Waals surface area contributed by atoms with Gasteiger partial charge >= 0.3 is 0 Å². The zero-order chi connectivity index (χ0) is 15.9. The molecule has 3 atom stereocenters. The first-order chi connectivity index (χ1) is 10.5. The van der Waals surface area contributed by atoms with Gasteiger partial charge in [-0.3, -0.25) is 0 Å². The number of aliphatic hydroxyl groups is 1. The molecule has 2 rings (SSSR count). The van der Waals surface area contributed by atoms with Crippen molar-refractivity contribution in [3.63, 3.8) is 0 Å². The zero-order valence-electron chi connectivity index (χ0n) is 14.8. The Hall–Kier alpha value is -0.160. The number of β-amino-alcohol motifs (C(OH)–C–C–N with tert-alkyl or cyclic N) is 1. The Bertz CT molecular complexity index is 311. The monoisotopic (exact) mass is 312 g/mol. The summed E-state index contributed by atoms with van der Waals surface area (Å²) in [4.78, 5) is 5.13. The molecule has 0 aromatic carbocycles. The first-order valence-corrected chi connectivity index (χ1v) is 9.30. The van der Waals surface area contributed by atoms with Gasteiger partial charge in [-0.1, -0.05) is 6.42 Å². The Labute approximate surface area is 136 Å². The summed E-state index contributed by atoms with van der Waals surface area (Å²) in [5.41, 5.74) is 0. The smallest absolute Gasteiger partial charge is 0.0900 e. The highest BCUT2D eigenvalue weighted by molar-refractivity contribution is 4.81. The van der Waals surface area contributed by atoms with E-state index < -0.39 is 0 Å². The summed E-state index contributed by atoms with van der Waals surface area (Å²) in [6.07, 6.45) is 6.59. The molecule has 2 saturated heterocycles. The van der Waals surface area contributed by atoms with Crippen LogP contribution in [0.1, 0.15) is 52.9 Å². The molecule has 0 saturated carbocycles. The van der Waals surface area contributed by atoms with Gasteiger partial charge in [0.15, 0.2) is 0 Å². The third-order valence-corrected chi connectivity index (χ3v) is 5.13. The maximum absolute atomic E-state index is 10.1. The van der Waals surface area contributed by atoms with Gasteiger partial charge in [0.25, 0.3) is 0 Å². The molecule has 130 valence electrons. The minimum Gasteiger partial charge on any atom is -0.389 e. The summed E-state index contributed by atoms with van der Waals surface area (Å²) in [7, 11) is 0. The van der Waals surface area contributed by atoms with E-state index in [1.807, 2.05) is 13.8 Å². The van der Waals surface area contributed by atoms with Gasteiger partial charge in [-0.15, -0.1) is 0 Å². The molecular weight excluding hydrogens is 276 g/mol. The van der Waals surface area contributed by atoms with Gasteiger partial charge in [0, 0.05) is 25.7 Å². The second-order valence-corrected chi connectivity index (χ2v) is 7.64. The maximum Gasteiger partial charge on any atom is 0.0900 e. The molecule has 0 aliphatic carbocycles. The molecule has 2 fully saturated rings. The van der Waals surface area contributed by atoms with Gasteiger partial charge in [0.2, 0.25) is 0 Å². The van der Waals surface area contributed by atoms with Crippen LogP contribution in [0, 0.1) is 5.92 Å². The normalized spacial score (nSPS) is 29.9. The number of piperidine rings is 2. The summed E-state index contributed by atoms with van der Waals surface area (Å²) in [5.74, 6) is 0.771. The highest BCUT2D eigenvalue weighted by atomic mass is 16.5. The lowest BCUT2D eigenvalue weighted by molar-refractivity contribution is -0.0154. The van der Waals surface area contributed by atoms with E-state index in [0.29, 0.717) is 6.61 Å². The van der Waals surface area contributed by atoms with Crippen LogP contribution in [0.15, 0.2) is 0 Å². The number of nitrogens with zero attached hydrogens (tertiary/aromatic N) is 2. The fraction of sp³-hybridized carbons (Fsp3) is 1.00. The summed E-state index contributed by atoms with van der Waals surface area (Å²) in [6.45, 7) is 12.4. The quantitative estimate of drug-likeness (QED) is 0.783. The van der Waals surface area contributed by atoms with Crippen LogP contribution in [0.25, 0.3) is 0 Å². The first kappa shape index (κ1) is 18.2. The van der Waals surface area contributed by atoms with Crippen LogP contribution in [0.3, 0.4) is 0 Å². The predicted molar refractivity (Wildman–Crippen MR) is 91.1 cm³/mol. The van der Waals surface area contributed by atoms with Crippen molar-refractivity contribution >= 4 is 0 Å². The molecule has 2 aliphatic heterocycles. The summed E-state index contributed by atoms with van der Waals surface area (Å²) in [6, 6.07) is 0.758. The largest absolute Gasteiger partial charge is 0.389 e. The van der Waals surface area contributed by atoms with E-state index >= 15 is 0 Å². The van der Waals surface area contributed by atoms with Crippen LogP contribution in [-0.2, 0) is 4.74 Å². The van der Waals surface area contributed by atoms with E-state index in [-0.39, 0.29) is 12.2 Å². The molecule has 0 spiro atoms. The molecule has 0 amide bonds. The highest BCUT2D eigenvalue weighted by Crippen LogP contribution is 2.22. The van der Waals surface area contributed by atoms with Gasteiger partial charge in [0.05, 0.1) is 18.8 Å². The molecule has 4 nitrogen and oxygen atoms in total. The summed E-state index contributed by atoms with van der Waals surface area (Å²) >= 11 is 0. The van der Waals surface area contributed by atoms with Crippen molar-refractivity contribution in [3.8, 4) is 0 Å². The molecule has 0 radical (unpaired) electrons. The van der Waals surface area contributed by atoms with Gasteiger partial charge in [-0.2, -0.15) is 0 Å². The number of hydrogen-bond donors (Lipinski definition) is 1. The van der Waals surface area contributed by atoms with E-state index in [2.05, 4.69) is 16.7 Å². The van der Waals surface area contributed by atoms with E-state index in [4.69, 9.17) is 4.74 Å². The molecule has 0 bridgehead atoms. The van der Waals surface area contributed by atoms with Crippen LogP contribution in [0.4, 0.5) is 0 Å². The average molecular weight is 312 g/mol. The minimum atomic E-state index is -0.352. The van der Waals surface area contributed by atoms with Crippen LogP contribution in [-0.4, -0.2) is 72.5 Å². The topological polar surface area (TPSA) is 35.9 Å². The maximum atomic E-state index is 10.1. The number of hydrogen-bond acceptors (Lipinski definition) is 4. The van der Waals surface area contributed by atoms with Crippen molar-refractivity contribution in [2.75, 3.05) is 39.3 Å². The van der Waals surface area contributed by atoms with E-state index in [1.165, 1.54) is 45.2 Å². The lowest BCUT2D eigenvalue weighted by Gasteiger charge is -2.40. The SMILES string of the molecule is CC(C)OCC(O)CN1CCCC(CN2CCCCC2C)C1. The number of ether oxygens (including phenoxy) is 1. The summed E-state index contributed by atoms with van der Waals surface area (Å²) < 4.78 is 5.52. The van der Waals surface area contributed by atoms with Gasteiger partial charge in [0.1, 0.15) is 0 Å². The van der Waals surface area contributed by atoms with Crippen molar-refractivity contribution in [1.82, 2.24) is 9.80 Å². The second kappa shape index (κ2) is 9.21. The van der Waals surface area contributed by atoms with Gasteiger partial charge in [-0.05, 0) is 65.5 Å². The highest BCUT2D eigenvalue weighted by Gasteiger charge is 2.26. The van der Waals surface area contributed by atoms with Gasteiger partial charge < -0.3 is 19.6 Å². The van der Waals surface area contributed by atoms with E-state index in [9.17, 15) is 5.11 Å². The van der Waals surface area contributed by atoms with Crippen LogP contribution in [0.5, 0.6) is 0 Å². The predicted octanol–water partition coefficient (Wildman–Crippen LogP) is 2.36. The van der Waals surface area contributed by atoms with Crippen molar-refractivity contribution < 1.29 is 9.84 Å². The third kappa shape index (κ3) is 6.15. The molecule has 0 aromatic rings. The Morgan fingerprint density at radius 2 is 1.95 bits per heavy atom.